The lowest BCUT2D eigenvalue weighted by Crippen LogP contribution is -2.29. The number of rotatable bonds is 7. The Morgan fingerprint density at radius 3 is 2.47 bits per heavy atom. The molecule has 90 valence electrons. The molecule has 0 fully saturated rings. The summed E-state index contributed by atoms with van der Waals surface area (Å²) in [4.78, 5) is 10.5. The van der Waals surface area contributed by atoms with E-state index in [0.717, 1.165) is 0 Å². The SMILES string of the molecule is COCC(OCCCC(F)(F)F)C(=O)O. The smallest absolute Gasteiger partial charge is 0.389 e. The summed E-state index contributed by atoms with van der Waals surface area (Å²) in [5.74, 6) is -1.25. The maximum Gasteiger partial charge on any atom is 0.389 e. The second-order valence-electron chi connectivity index (χ2n) is 2.87. The first kappa shape index (κ1) is 14.2. The molecule has 0 aliphatic rings. The molecule has 15 heavy (non-hydrogen) atoms. The number of carboxylic acid groups (broad SMARTS) is 1. The molecule has 4 nitrogen and oxygen atoms in total. The van der Waals surface area contributed by atoms with Crippen molar-refractivity contribution in [3.8, 4) is 0 Å². The molecule has 0 aromatic heterocycles. The summed E-state index contributed by atoms with van der Waals surface area (Å²) in [5, 5.41) is 8.54. The molecule has 0 rings (SSSR count). The number of halogens is 3. The lowest BCUT2D eigenvalue weighted by Gasteiger charge is -2.12. The van der Waals surface area contributed by atoms with Gasteiger partial charge in [-0.15, -0.1) is 0 Å². The van der Waals surface area contributed by atoms with Crippen LogP contribution in [0.1, 0.15) is 12.8 Å². The first-order valence-electron chi connectivity index (χ1n) is 4.27. The summed E-state index contributed by atoms with van der Waals surface area (Å²) in [6.07, 6.45) is -6.67. The molecule has 0 bridgehead atoms. The summed E-state index contributed by atoms with van der Waals surface area (Å²) < 4.78 is 44.3. The molecule has 0 spiro atoms. The zero-order valence-electron chi connectivity index (χ0n) is 8.21. The van der Waals surface area contributed by atoms with Crippen molar-refractivity contribution in [1.29, 1.82) is 0 Å². The Hall–Kier alpha value is -0.820. The Morgan fingerprint density at radius 1 is 1.47 bits per heavy atom. The minimum Gasteiger partial charge on any atom is -0.479 e. The van der Waals surface area contributed by atoms with Gasteiger partial charge in [-0.05, 0) is 6.42 Å². The molecule has 0 heterocycles. The van der Waals surface area contributed by atoms with Gasteiger partial charge in [-0.25, -0.2) is 4.79 Å². The first-order valence-corrected chi connectivity index (χ1v) is 4.27. The minimum atomic E-state index is -4.23. The van der Waals surface area contributed by atoms with Crippen molar-refractivity contribution in [1.82, 2.24) is 0 Å². The summed E-state index contributed by atoms with van der Waals surface area (Å²) in [6.45, 7) is -0.429. The number of ether oxygens (including phenoxy) is 2. The van der Waals surface area contributed by atoms with E-state index in [4.69, 9.17) is 9.84 Å². The van der Waals surface area contributed by atoms with Crippen molar-refractivity contribution in [3.63, 3.8) is 0 Å². The van der Waals surface area contributed by atoms with Gasteiger partial charge in [0.2, 0.25) is 0 Å². The molecule has 0 aliphatic carbocycles. The van der Waals surface area contributed by atoms with Gasteiger partial charge in [0.25, 0.3) is 0 Å². The van der Waals surface area contributed by atoms with E-state index in [1.807, 2.05) is 0 Å². The van der Waals surface area contributed by atoms with Crippen molar-refractivity contribution in [3.05, 3.63) is 0 Å². The summed E-state index contributed by atoms with van der Waals surface area (Å²) in [5.41, 5.74) is 0. The number of alkyl halides is 3. The number of hydrogen-bond donors (Lipinski definition) is 1. The van der Waals surface area contributed by atoms with Crippen LogP contribution in [-0.2, 0) is 14.3 Å². The molecule has 7 heteroatoms. The summed E-state index contributed by atoms with van der Waals surface area (Å²) in [7, 11) is 1.29. The van der Waals surface area contributed by atoms with Crippen molar-refractivity contribution in [2.75, 3.05) is 20.3 Å². The summed E-state index contributed by atoms with van der Waals surface area (Å²) in [6, 6.07) is 0. The third kappa shape index (κ3) is 8.19. The number of methoxy groups -OCH3 is 1. The standard InChI is InChI=1S/C8H13F3O4/c1-14-5-6(7(12)13)15-4-2-3-8(9,10)11/h6H,2-5H2,1H3,(H,12,13). The summed E-state index contributed by atoms with van der Waals surface area (Å²) >= 11 is 0. The Morgan fingerprint density at radius 2 is 2.07 bits per heavy atom. The molecular formula is C8H13F3O4. The van der Waals surface area contributed by atoms with Crippen LogP contribution in [0.25, 0.3) is 0 Å². The van der Waals surface area contributed by atoms with E-state index in [-0.39, 0.29) is 19.6 Å². The predicted octanol–water partition coefficient (Wildman–Crippen LogP) is 1.45. The highest BCUT2D eigenvalue weighted by atomic mass is 19.4. The average molecular weight is 230 g/mol. The zero-order valence-corrected chi connectivity index (χ0v) is 8.21. The van der Waals surface area contributed by atoms with Gasteiger partial charge in [-0.2, -0.15) is 13.2 Å². The van der Waals surface area contributed by atoms with E-state index in [1.54, 1.807) is 0 Å². The van der Waals surface area contributed by atoms with Crippen LogP contribution in [0.5, 0.6) is 0 Å². The fourth-order valence-corrected chi connectivity index (χ4v) is 0.840. The maximum atomic E-state index is 11.7. The Labute approximate surface area is 85.0 Å². The van der Waals surface area contributed by atoms with E-state index in [9.17, 15) is 18.0 Å². The van der Waals surface area contributed by atoms with Crippen LogP contribution in [-0.4, -0.2) is 43.7 Å². The van der Waals surface area contributed by atoms with Gasteiger partial charge in [0.15, 0.2) is 6.10 Å². The lowest BCUT2D eigenvalue weighted by molar-refractivity contribution is -0.156. The van der Waals surface area contributed by atoms with Gasteiger partial charge in [0, 0.05) is 20.1 Å². The second-order valence-corrected chi connectivity index (χ2v) is 2.87. The van der Waals surface area contributed by atoms with E-state index in [1.165, 1.54) is 7.11 Å². The lowest BCUT2D eigenvalue weighted by atomic mass is 10.3. The Bertz CT molecular complexity index is 193. The highest BCUT2D eigenvalue weighted by Crippen LogP contribution is 2.21. The van der Waals surface area contributed by atoms with Gasteiger partial charge < -0.3 is 14.6 Å². The Kier molecular flexibility index (Phi) is 6.26. The van der Waals surface area contributed by atoms with Crippen LogP contribution in [0.2, 0.25) is 0 Å². The fraction of sp³-hybridized carbons (Fsp3) is 0.875. The topological polar surface area (TPSA) is 55.8 Å². The molecule has 1 N–H and O–H groups in total. The molecule has 0 radical (unpaired) electrons. The quantitative estimate of drug-likeness (QED) is 0.672. The number of aliphatic carboxylic acids is 1. The molecule has 1 atom stereocenters. The monoisotopic (exact) mass is 230 g/mol. The molecule has 0 aromatic rings. The van der Waals surface area contributed by atoms with Crippen LogP contribution in [0, 0.1) is 0 Å². The number of hydrogen-bond acceptors (Lipinski definition) is 3. The van der Waals surface area contributed by atoms with Crippen LogP contribution < -0.4 is 0 Å². The zero-order chi connectivity index (χ0) is 11.9. The highest BCUT2D eigenvalue weighted by molar-refractivity contribution is 5.72. The minimum absolute atomic E-state index is 0.179. The predicted molar refractivity (Wildman–Crippen MR) is 44.5 cm³/mol. The molecule has 1 unspecified atom stereocenters. The first-order chi connectivity index (χ1) is 6.87. The third-order valence-electron chi connectivity index (χ3n) is 1.52. The van der Waals surface area contributed by atoms with Gasteiger partial charge in [0.1, 0.15) is 0 Å². The van der Waals surface area contributed by atoms with E-state index in [0.29, 0.717) is 0 Å². The van der Waals surface area contributed by atoms with Crippen molar-refractivity contribution >= 4 is 5.97 Å². The van der Waals surface area contributed by atoms with Crippen molar-refractivity contribution in [2.45, 2.75) is 25.1 Å². The van der Waals surface area contributed by atoms with Gasteiger partial charge in [-0.3, -0.25) is 0 Å². The maximum absolute atomic E-state index is 11.7. The van der Waals surface area contributed by atoms with Gasteiger partial charge in [-0.1, -0.05) is 0 Å². The van der Waals surface area contributed by atoms with Crippen molar-refractivity contribution in [2.24, 2.45) is 0 Å². The van der Waals surface area contributed by atoms with Crippen molar-refractivity contribution < 1.29 is 32.5 Å². The second kappa shape index (κ2) is 6.62. The average Bonchev–Trinajstić information content (AvgIpc) is 2.08. The third-order valence-corrected chi connectivity index (χ3v) is 1.52. The largest absolute Gasteiger partial charge is 0.479 e. The van der Waals surface area contributed by atoms with Gasteiger partial charge >= 0.3 is 12.1 Å². The normalized spacial score (nSPS) is 13.9. The molecule has 0 amide bonds. The number of carbonyl (C=O) groups is 1. The van der Waals surface area contributed by atoms with E-state index >= 15 is 0 Å². The molecular weight excluding hydrogens is 217 g/mol. The molecule has 0 saturated heterocycles. The van der Waals surface area contributed by atoms with Crippen LogP contribution in [0.15, 0.2) is 0 Å². The van der Waals surface area contributed by atoms with Crippen LogP contribution >= 0.6 is 0 Å². The van der Waals surface area contributed by atoms with Crippen LogP contribution in [0.4, 0.5) is 13.2 Å². The highest BCUT2D eigenvalue weighted by Gasteiger charge is 2.26. The van der Waals surface area contributed by atoms with E-state index < -0.39 is 24.7 Å². The fourth-order valence-electron chi connectivity index (χ4n) is 0.840. The van der Waals surface area contributed by atoms with E-state index in [2.05, 4.69) is 4.74 Å². The molecule has 0 aliphatic heterocycles. The Balaban J connectivity index is 3.67. The van der Waals surface area contributed by atoms with Gasteiger partial charge in [0.05, 0.1) is 6.61 Å². The number of carboxylic acids is 1. The molecule has 0 aromatic carbocycles. The van der Waals surface area contributed by atoms with Crippen LogP contribution in [0.3, 0.4) is 0 Å². The molecule has 0 saturated carbocycles.